The Balaban J connectivity index is 1.64. The molecular formula is C24H22N2O4. The van der Waals surface area contributed by atoms with E-state index in [2.05, 4.69) is 17.2 Å². The van der Waals surface area contributed by atoms with Crippen LogP contribution in [0.4, 0.5) is 0 Å². The Morgan fingerprint density at radius 1 is 0.933 bits per heavy atom. The Morgan fingerprint density at radius 2 is 1.70 bits per heavy atom. The van der Waals surface area contributed by atoms with Crippen LogP contribution in [-0.2, 0) is 0 Å². The van der Waals surface area contributed by atoms with Crippen molar-refractivity contribution in [3.05, 3.63) is 71.8 Å². The molecule has 3 N–H and O–H groups in total. The summed E-state index contributed by atoms with van der Waals surface area (Å²) in [5, 5.41) is 4.57. The van der Waals surface area contributed by atoms with Gasteiger partial charge in [0.2, 0.25) is 0 Å². The average molecular weight is 402 g/mol. The lowest BCUT2D eigenvalue weighted by Crippen LogP contribution is -2.24. The van der Waals surface area contributed by atoms with E-state index in [0.717, 1.165) is 10.8 Å². The summed E-state index contributed by atoms with van der Waals surface area (Å²) in [6.07, 6.45) is 0. The van der Waals surface area contributed by atoms with E-state index in [1.165, 1.54) is 0 Å². The topological polar surface area (TPSA) is 90.7 Å². The lowest BCUT2D eigenvalue weighted by molar-refractivity contribution is 0.0955. The predicted octanol–water partition coefficient (Wildman–Crippen LogP) is 3.15. The van der Waals surface area contributed by atoms with Gasteiger partial charge < -0.3 is 20.5 Å². The highest BCUT2D eigenvalue weighted by Gasteiger charge is 2.16. The van der Waals surface area contributed by atoms with Gasteiger partial charge in [0.25, 0.3) is 11.8 Å². The minimum absolute atomic E-state index is 0.0681. The van der Waals surface area contributed by atoms with Crippen LogP contribution < -0.4 is 20.5 Å². The molecular weight excluding hydrogens is 380 g/mol. The quantitative estimate of drug-likeness (QED) is 0.594. The molecule has 2 amide bonds. The predicted molar refractivity (Wildman–Crippen MR) is 116 cm³/mol. The Hall–Kier alpha value is -3.98. The Kier molecular flexibility index (Phi) is 6.91. The molecule has 0 aliphatic rings. The third-order valence-corrected chi connectivity index (χ3v) is 4.33. The molecule has 0 bridgehead atoms. The average Bonchev–Trinajstić information content (AvgIpc) is 2.76. The van der Waals surface area contributed by atoms with Crippen LogP contribution in [0.1, 0.15) is 27.6 Å². The minimum Gasteiger partial charge on any atom is -0.493 e. The van der Waals surface area contributed by atoms with Gasteiger partial charge in [-0.2, -0.15) is 0 Å². The van der Waals surface area contributed by atoms with Crippen LogP contribution in [0.15, 0.2) is 60.7 Å². The number of ether oxygens (including phenoxy) is 2. The van der Waals surface area contributed by atoms with Crippen molar-refractivity contribution in [2.75, 3.05) is 19.8 Å². The zero-order chi connectivity index (χ0) is 21.3. The van der Waals surface area contributed by atoms with Gasteiger partial charge in [0, 0.05) is 0 Å². The van der Waals surface area contributed by atoms with Gasteiger partial charge in [0.1, 0.15) is 18.1 Å². The van der Waals surface area contributed by atoms with Crippen LogP contribution in [0.5, 0.6) is 11.5 Å². The van der Waals surface area contributed by atoms with Gasteiger partial charge in [-0.25, -0.2) is 0 Å². The molecule has 3 aromatic rings. The molecule has 30 heavy (non-hydrogen) atoms. The first-order valence-electron chi connectivity index (χ1n) is 9.52. The van der Waals surface area contributed by atoms with Crippen LogP contribution in [0.25, 0.3) is 10.8 Å². The van der Waals surface area contributed by atoms with E-state index in [-0.39, 0.29) is 19.1 Å². The molecule has 0 radical (unpaired) electrons. The molecule has 3 aromatic carbocycles. The first kappa shape index (κ1) is 20.7. The summed E-state index contributed by atoms with van der Waals surface area (Å²) in [5.41, 5.74) is 6.10. The van der Waals surface area contributed by atoms with Crippen LogP contribution in [0.3, 0.4) is 0 Å². The summed E-state index contributed by atoms with van der Waals surface area (Å²) < 4.78 is 11.1. The number of benzene rings is 3. The Bertz CT molecular complexity index is 1130. The van der Waals surface area contributed by atoms with Crippen molar-refractivity contribution in [3.63, 3.8) is 0 Å². The summed E-state index contributed by atoms with van der Waals surface area (Å²) in [4.78, 5) is 24.2. The number of nitrogens with one attached hydrogen (secondary N) is 1. The van der Waals surface area contributed by atoms with E-state index in [1.54, 1.807) is 30.3 Å². The Morgan fingerprint density at radius 3 is 2.50 bits per heavy atom. The number of amides is 2. The third kappa shape index (κ3) is 4.89. The second-order valence-corrected chi connectivity index (χ2v) is 6.28. The lowest BCUT2D eigenvalue weighted by Gasteiger charge is -2.12. The zero-order valence-corrected chi connectivity index (χ0v) is 16.6. The highest BCUT2D eigenvalue weighted by atomic mass is 16.5. The van der Waals surface area contributed by atoms with E-state index in [0.29, 0.717) is 29.2 Å². The second kappa shape index (κ2) is 9.99. The molecule has 0 aliphatic carbocycles. The smallest absolute Gasteiger partial charge is 0.256 e. The van der Waals surface area contributed by atoms with Gasteiger partial charge >= 0.3 is 0 Å². The second-order valence-electron chi connectivity index (χ2n) is 6.28. The largest absolute Gasteiger partial charge is 0.493 e. The molecule has 0 fully saturated rings. The first-order valence-corrected chi connectivity index (χ1v) is 9.52. The van der Waals surface area contributed by atoms with Gasteiger partial charge in [0.05, 0.1) is 24.3 Å². The van der Waals surface area contributed by atoms with Gasteiger partial charge in [0.15, 0.2) is 0 Å². The summed E-state index contributed by atoms with van der Waals surface area (Å²) in [6.45, 7) is 2.55. The van der Waals surface area contributed by atoms with Crippen molar-refractivity contribution in [3.8, 4) is 23.3 Å². The van der Waals surface area contributed by atoms with Crippen LogP contribution in [0, 0.1) is 11.8 Å². The lowest BCUT2D eigenvalue weighted by atomic mass is 10.0. The molecule has 6 nitrogen and oxygen atoms in total. The van der Waals surface area contributed by atoms with Crippen molar-refractivity contribution in [1.82, 2.24) is 5.32 Å². The molecule has 0 aromatic heterocycles. The van der Waals surface area contributed by atoms with Gasteiger partial charge in [-0.05, 0) is 35.9 Å². The highest BCUT2D eigenvalue weighted by molar-refractivity contribution is 6.09. The molecule has 0 atom stereocenters. The minimum atomic E-state index is -0.564. The maximum Gasteiger partial charge on any atom is 0.256 e. The van der Waals surface area contributed by atoms with Crippen LogP contribution in [0.2, 0.25) is 0 Å². The first-order chi connectivity index (χ1) is 14.6. The van der Waals surface area contributed by atoms with Gasteiger partial charge in [-0.1, -0.05) is 54.3 Å². The fraction of sp³-hybridized carbons (Fsp3) is 0.167. The van der Waals surface area contributed by atoms with E-state index < -0.39 is 5.91 Å². The number of fused-ring (bicyclic) bond motifs is 1. The third-order valence-electron chi connectivity index (χ3n) is 4.33. The number of para-hydroxylation sites is 1. The van der Waals surface area contributed by atoms with Gasteiger partial charge in [-0.15, -0.1) is 0 Å². The molecule has 0 saturated carbocycles. The van der Waals surface area contributed by atoms with Crippen LogP contribution >= 0.6 is 0 Å². The van der Waals surface area contributed by atoms with Crippen molar-refractivity contribution in [2.24, 2.45) is 5.73 Å². The van der Waals surface area contributed by atoms with Crippen molar-refractivity contribution >= 4 is 22.6 Å². The molecule has 0 spiro atoms. The molecule has 0 saturated heterocycles. The number of rotatable bonds is 7. The van der Waals surface area contributed by atoms with Gasteiger partial charge in [-0.3, -0.25) is 9.59 Å². The molecule has 0 aliphatic heterocycles. The maximum atomic E-state index is 12.8. The summed E-state index contributed by atoms with van der Waals surface area (Å²) >= 11 is 0. The molecule has 0 unspecified atom stereocenters. The number of hydrogen-bond donors (Lipinski definition) is 2. The summed E-state index contributed by atoms with van der Waals surface area (Å²) in [6, 6.07) is 18.1. The van der Waals surface area contributed by atoms with Crippen molar-refractivity contribution < 1.29 is 19.1 Å². The molecule has 0 heterocycles. The monoisotopic (exact) mass is 402 g/mol. The number of carbonyl (C=O) groups excluding carboxylic acids is 2. The van der Waals surface area contributed by atoms with Crippen molar-refractivity contribution in [2.45, 2.75) is 6.92 Å². The summed E-state index contributed by atoms with van der Waals surface area (Å²) in [7, 11) is 0. The van der Waals surface area contributed by atoms with E-state index in [9.17, 15) is 9.59 Å². The fourth-order valence-electron chi connectivity index (χ4n) is 3.00. The van der Waals surface area contributed by atoms with E-state index in [4.69, 9.17) is 15.2 Å². The number of carbonyl (C=O) groups is 2. The van der Waals surface area contributed by atoms with Crippen LogP contribution in [-0.4, -0.2) is 31.6 Å². The molecule has 152 valence electrons. The maximum absolute atomic E-state index is 12.8. The summed E-state index contributed by atoms with van der Waals surface area (Å²) in [5.74, 6) is 5.74. The normalized spacial score (nSPS) is 10.0. The fourth-order valence-corrected chi connectivity index (χ4v) is 3.00. The molecule has 3 rings (SSSR count). The zero-order valence-electron chi connectivity index (χ0n) is 16.6. The number of nitrogens with two attached hydrogens (primary N) is 1. The van der Waals surface area contributed by atoms with Crippen molar-refractivity contribution in [1.29, 1.82) is 0 Å². The van der Waals surface area contributed by atoms with E-state index >= 15 is 0 Å². The SMILES string of the molecule is CCOc1ccc2ccccc2c1C(=O)NCC#CCOc1ccccc1C(N)=O. The molecule has 6 heteroatoms. The number of hydrogen-bond acceptors (Lipinski definition) is 4. The standard InChI is InChI=1S/C24H22N2O4/c1-2-29-21-14-13-17-9-3-4-10-18(17)22(21)24(28)26-15-7-8-16-30-20-12-6-5-11-19(20)23(25)27/h3-6,9-14H,2,15-16H2,1H3,(H2,25,27)(H,26,28). The highest BCUT2D eigenvalue weighted by Crippen LogP contribution is 2.28. The van der Waals surface area contributed by atoms with E-state index in [1.807, 2.05) is 37.3 Å². The number of primary amides is 1. The Labute approximate surface area is 175 Å².